The van der Waals surface area contributed by atoms with Crippen LogP contribution >= 0.6 is 0 Å². The second kappa shape index (κ2) is 3.73. The zero-order valence-electron chi connectivity index (χ0n) is 9.54. The molecule has 0 aliphatic carbocycles. The molecule has 2 heterocycles. The second-order valence-corrected chi connectivity index (χ2v) is 4.00. The number of nitrogens with zero attached hydrogens (tertiary/aromatic N) is 1. The van der Waals surface area contributed by atoms with Gasteiger partial charge in [0.1, 0.15) is 11.2 Å². The second-order valence-electron chi connectivity index (χ2n) is 4.00. The first-order valence-corrected chi connectivity index (χ1v) is 5.37. The first-order chi connectivity index (χ1) is 8.66. The Kier molecular flexibility index (Phi) is 2.19. The summed E-state index contributed by atoms with van der Waals surface area (Å²) < 4.78 is 10.7. The topological polar surface area (TPSA) is 69.4 Å². The van der Waals surface area contributed by atoms with E-state index in [1.54, 1.807) is 24.7 Å². The molecule has 0 radical (unpaired) electrons. The minimum atomic E-state index is -0.423. The van der Waals surface area contributed by atoms with Crippen molar-refractivity contribution in [1.29, 1.82) is 0 Å². The number of nitro groups is 1. The normalized spacial score (nSPS) is 12.4. The predicted octanol–water partition coefficient (Wildman–Crippen LogP) is 3.82. The van der Waals surface area contributed by atoms with E-state index >= 15 is 0 Å². The summed E-state index contributed by atoms with van der Waals surface area (Å²) in [6, 6.07) is 5.43. The fourth-order valence-corrected chi connectivity index (χ4v) is 1.98. The van der Waals surface area contributed by atoms with Gasteiger partial charge in [-0.05, 0) is 18.2 Å². The van der Waals surface area contributed by atoms with E-state index in [0.717, 1.165) is 10.8 Å². The molecule has 0 saturated carbocycles. The molecular formula is C13H9NO4. The van der Waals surface area contributed by atoms with E-state index in [1.807, 2.05) is 6.07 Å². The Bertz CT molecular complexity index is 730. The van der Waals surface area contributed by atoms with Crippen LogP contribution in [-0.2, 0) is 0 Å². The Morgan fingerprint density at radius 3 is 2.89 bits per heavy atom. The van der Waals surface area contributed by atoms with Crippen LogP contribution < -0.4 is 0 Å². The van der Waals surface area contributed by atoms with Crippen LogP contribution in [0.3, 0.4) is 0 Å². The molecule has 0 fully saturated rings. The van der Waals surface area contributed by atoms with Crippen LogP contribution in [0, 0.1) is 10.1 Å². The number of benzene rings is 1. The van der Waals surface area contributed by atoms with E-state index in [0.29, 0.717) is 16.7 Å². The molecule has 0 aliphatic rings. The summed E-state index contributed by atoms with van der Waals surface area (Å²) in [6.07, 6.45) is 4.62. The lowest BCUT2D eigenvalue weighted by Gasteiger charge is -1.98. The molecule has 5 heteroatoms. The van der Waals surface area contributed by atoms with Gasteiger partial charge in [-0.3, -0.25) is 10.1 Å². The molecule has 5 nitrogen and oxygen atoms in total. The molecular weight excluding hydrogens is 234 g/mol. The van der Waals surface area contributed by atoms with Gasteiger partial charge in [-0.15, -0.1) is 0 Å². The lowest BCUT2D eigenvalue weighted by molar-refractivity contribution is -0.422. The maximum absolute atomic E-state index is 10.7. The van der Waals surface area contributed by atoms with Crippen molar-refractivity contribution < 1.29 is 13.8 Å². The summed E-state index contributed by atoms with van der Waals surface area (Å²) in [7, 11) is 0. The number of rotatable bonds is 2. The highest BCUT2D eigenvalue weighted by atomic mass is 16.6. The number of allylic oxidation sites excluding steroid dienone is 1. The molecule has 90 valence electrons. The number of fused-ring (bicyclic) bond motifs is 2. The summed E-state index contributed by atoms with van der Waals surface area (Å²) in [5, 5.41) is 12.4. The van der Waals surface area contributed by atoms with Gasteiger partial charge in [0.2, 0.25) is 5.70 Å². The SMILES string of the molecule is CC(=Cc1c2ccoc2cc2ccoc12)[N+](=O)[O-]. The fourth-order valence-electron chi connectivity index (χ4n) is 1.98. The van der Waals surface area contributed by atoms with Crippen LogP contribution in [0.15, 0.2) is 45.3 Å². The van der Waals surface area contributed by atoms with Crippen molar-refractivity contribution in [3.8, 4) is 0 Å². The molecule has 0 aliphatic heterocycles. The number of furan rings is 2. The summed E-state index contributed by atoms with van der Waals surface area (Å²) >= 11 is 0. The van der Waals surface area contributed by atoms with E-state index in [-0.39, 0.29) is 5.70 Å². The molecule has 0 amide bonds. The minimum absolute atomic E-state index is 0.0569. The van der Waals surface area contributed by atoms with Gasteiger partial charge < -0.3 is 8.83 Å². The Labute approximate surface area is 101 Å². The van der Waals surface area contributed by atoms with Gasteiger partial charge in [0.05, 0.1) is 17.4 Å². The molecule has 18 heavy (non-hydrogen) atoms. The molecule has 1 aromatic carbocycles. The van der Waals surface area contributed by atoms with Gasteiger partial charge in [0.15, 0.2) is 0 Å². The third kappa shape index (κ3) is 1.48. The molecule has 0 atom stereocenters. The van der Waals surface area contributed by atoms with Gasteiger partial charge >= 0.3 is 0 Å². The van der Waals surface area contributed by atoms with Crippen LogP contribution in [0.5, 0.6) is 0 Å². The average Bonchev–Trinajstić information content (AvgIpc) is 2.95. The van der Waals surface area contributed by atoms with Crippen LogP contribution in [0.1, 0.15) is 12.5 Å². The zero-order chi connectivity index (χ0) is 12.7. The first kappa shape index (κ1) is 10.6. The van der Waals surface area contributed by atoms with E-state index in [2.05, 4.69) is 0 Å². The van der Waals surface area contributed by atoms with Crippen molar-refractivity contribution in [2.24, 2.45) is 0 Å². The fraction of sp³-hybridized carbons (Fsp3) is 0.0769. The predicted molar refractivity (Wildman–Crippen MR) is 66.6 cm³/mol. The Balaban J connectivity index is 2.40. The quantitative estimate of drug-likeness (QED) is 0.506. The molecule has 2 aromatic heterocycles. The minimum Gasteiger partial charge on any atom is -0.464 e. The lowest BCUT2D eigenvalue weighted by atomic mass is 10.1. The van der Waals surface area contributed by atoms with Gasteiger partial charge in [0, 0.05) is 29.3 Å². The van der Waals surface area contributed by atoms with Gasteiger partial charge in [-0.25, -0.2) is 0 Å². The molecule has 3 aromatic rings. The Morgan fingerprint density at radius 2 is 2.11 bits per heavy atom. The summed E-state index contributed by atoms with van der Waals surface area (Å²) in [6.45, 7) is 1.45. The van der Waals surface area contributed by atoms with Crippen molar-refractivity contribution in [3.63, 3.8) is 0 Å². The number of hydrogen-bond acceptors (Lipinski definition) is 4. The van der Waals surface area contributed by atoms with Gasteiger partial charge in [0.25, 0.3) is 0 Å². The Hall–Kier alpha value is -2.56. The summed E-state index contributed by atoms with van der Waals surface area (Å²) in [4.78, 5) is 10.3. The van der Waals surface area contributed by atoms with Crippen molar-refractivity contribution in [3.05, 3.63) is 52.1 Å². The van der Waals surface area contributed by atoms with Crippen molar-refractivity contribution in [2.45, 2.75) is 6.92 Å². The van der Waals surface area contributed by atoms with E-state index in [9.17, 15) is 10.1 Å². The van der Waals surface area contributed by atoms with Crippen LogP contribution in [0.4, 0.5) is 0 Å². The number of hydrogen-bond donors (Lipinski definition) is 0. The molecule has 0 spiro atoms. The standard InChI is InChI=1S/C13H9NO4/c1-8(14(15)16)6-11-10-3-5-17-12(10)7-9-2-4-18-13(9)11/h2-7H,1H3. The maximum atomic E-state index is 10.7. The highest BCUT2D eigenvalue weighted by Crippen LogP contribution is 2.31. The molecule has 0 saturated heterocycles. The third-order valence-corrected chi connectivity index (χ3v) is 2.85. The monoisotopic (exact) mass is 243 g/mol. The van der Waals surface area contributed by atoms with Gasteiger partial charge in [-0.2, -0.15) is 0 Å². The molecule has 0 N–H and O–H groups in total. The van der Waals surface area contributed by atoms with Gasteiger partial charge in [-0.1, -0.05) is 0 Å². The summed E-state index contributed by atoms with van der Waals surface area (Å²) in [5.41, 5.74) is 2.05. The first-order valence-electron chi connectivity index (χ1n) is 5.37. The van der Waals surface area contributed by atoms with E-state index in [4.69, 9.17) is 8.83 Å². The third-order valence-electron chi connectivity index (χ3n) is 2.85. The lowest BCUT2D eigenvalue weighted by Crippen LogP contribution is -1.93. The maximum Gasteiger partial charge on any atom is 0.243 e. The van der Waals surface area contributed by atoms with E-state index < -0.39 is 4.92 Å². The van der Waals surface area contributed by atoms with Crippen LogP contribution in [0.25, 0.3) is 28.0 Å². The Morgan fingerprint density at radius 1 is 1.33 bits per heavy atom. The largest absolute Gasteiger partial charge is 0.464 e. The van der Waals surface area contributed by atoms with Crippen LogP contribution in [-0.4, -0.2) is 4.92 Å². The van der Waals surface area contributed by atoms with Crippen molar-refractivity contribution >= 4 is 28.0 Å². The molecule has 3 rings (SSSR count). The van der Waals surface area contributed by atoms with E-state index in [1.165, 1.54) is 13.0 Å². The zero-order valence-corrected chi connectivity index (χ0v) is 9.54. The average molecular weight is 243 g/mol. The smallest absolute Gasteiger partial charge is 0.243 e. The van der Waals surface area contributed by atoms with Crippen molar-refractivity contribution in [1.82, 2.24) is 0 Å². The summed E-state index contributed by atoms with van der Waals surface area (Å²) in [5.74, 6) is 0. The van der Waals surface area contributed by atoms with Crippen LogP contribution in [0.2, 0.25) is 0 Å². The highest BCUT2D eigenvalue weighted by molar-refractivity contribution is 6.02. The van der Waals surface area contributed by atoms with Crippen molar-refractivity contribution in [2.75, 3.05) is 0 Å². The molecule has 0 unspecified atom stereocenters. The molecule has 0 bridgehead atoms. The highest BCUT2D eigenvalue weighted by Gasteiger charge is 2.13.